The fourth-order valence-corrected chi connectivity index (χ4v) is 0.882. The van der Waals surface area contributed by atoms with Gasteiger partial charge in [-0.25, -0.2) is 4.79 Å². The third kappa shape index (κ3) is 3.67. The Morgan fingerprint density at radius 1 is 1.43 bits per heavy atom. The summed E-state index contributed by atoms with van der Waals surface area (Å²) in [5.41, 5.74) is 1.91. The van der Waals surface area contributed by atoms with Crippen LogP contribution in [0.3, 0.4) is 0 Å². The number of carboxylic acids is 1. The molecule has 0 radical (unpaired) electrons. The first-order valence-electron chi connectivity index (χ1n) is 4.19. The van der Waals surface area contributed by atoms with Gasteiger partial charge in [-0.1, -0.05) is 24.3 Å². The average molecular weight is 189 g/mol. The van der Waals surface area contributed by atoms with Crippen molar-refractivity contribution in [3.05, 3.63) is 47.8 Å². The maximum Gasteiger partial charge on any atom is 0.328 e. The van der Waals surface area contributed by atoms with Crippen molar-refractivity contribution >= 4 is 12.0 Å². The van der Waals surface area contributed by atoms with Crippen molar-refractivity contribution in [2.45, 2.75) is 6.92 Å². The molecule has 1 aromatic heterocycles. The van der Waals surface area contributed by atoms with E-state index in [4.69, 9.17) is 5.11 Å². The van der Waals surface area contributed by atoms with Crippen molar-refractivity contribution in [2.24, 2.45) is 0 Å². The molecular formula is C11H11NO2. The summed E-state index contributed by atoms with van der Waals surface area (Å²) >= 11 is 0. The summed E-state index contributed by atoms with van der Waals surface area (Å²) in [7, 11) is 0. The Balaban J connectivity index is 2.60. The Hall–Kier alpha value is -1.90. The van der Waals surface area contributed by atoms with Gasteiger partial charge in [-0.15, -0.1) is 0 Å². The lowest BCUT2D eigenvalue weighted by atomic mass is 10.2. The van der Waals surface area contributed by atoms with E-state index in [0.717, 1.165) is 17.3 Å². The summed E-state index contributed by atoms with van der Waals surface area (Å²) < 4.78 is 0. The minimum atomic E-state index is -0.948. The Labute approximate surface area is 82.4 Å². The van der Waals surface area contributed by atoms with Gasteiger partial charge in [0.2, 0.25) is 0 Å². The van der Waals surface area contributed by atoms with E-state index < -0.39 is 5.97 Å². The van der Waals surface area contributed by atoms with E-state index in [0.29, 0.717) is 0 Å². The molecule has 0 amide bonds. The molecule has 14 heavy (non-hydrogen) atoms. The van der Waals surface area contributed by atoms with Crippen LogP contribution < -0.4 is 0 Å². The zero-order valence-corrected chi connectivity index (χ0v) is 7.84. The van der Waals surface area contributed by atoms with Gasteiger partial charge in [0, 0.05) is 18.0 Å². The van der Waals surface area contributed by atoms with Gasteiger partial charge in [0.05, 0.1) is 0 Å². The van der Waals surface area contributed by atoms with E-state index >= 15 is 0 Å². The van der Waals surface area contributed by atoms with E-state index in [-0.39, 0.29) is 0 Å². The topological polar surface area (TPSA) is 50.2 Å². The molecule has 0 fully saturated rings. The summed E-state index contributed by atoms with van der Waals surface area (Å²) in [6.07, 6.45) is 7.76. The number of aromatic nitrogens is 1. The van der Waals surface area contributed by atoms with Crippen LogP contribution in [-0.4, -0.2) is 16.1 Å². The SMILES string of the molecule is Cc1ccc(/C=C/C=C/C(=O)O)cn1. The number of aryl methyl sites for hydroxylation is 1. The summed E-state index contributed by atoms with van der Waals surface area (Å²) in [4.78, 5) is 14.2. The highest BCUT2D eigenvalue weighted by Crippen LogP contribution is 2.01. The second-order valence-electron chi connectivity index (χ2n) is 2.79. The lowest BCUT2D eigenvalue weighted by Crippen LogP contribution is -1.84. The molecule has 0 aliphatic carbocycles. The molecular weight excluding hydrogens is 178 g/mol. The van der Waals surface area contributed by atoms with Crippen molar-refractivity contribution < 1.29 is 9.90 Å². The van der Waals surface area contributed by atoms with E-state index in [2.05, 4.69) is 4.98 Å². The Bertz CT molecular complexity index is 363. The van der Waals surface area contributed by atoms with Gasteiger partial charge < -0.3 is 5.11 Å². The van der Waals surface area contributed by atoms with Gasteiger partial charge in [-0.3, -0.25) is 4.98 Å². The fraction of sp³-hybridized carbons (Fsp3) is 0.0909. The van der Waals surface area contributed by atoms with Crippen LogP contribution in [0.15, 0.2) is 36.6 Å². The molecule has 0 aliphatic heterocycles. The molecule has 3 heteroatoms. The smallest absolute Gasteiger partial charge is 0.328 e. The van der Waals surface area contributed by atoms with E-state index in [1.807, 2.05) is 19.1 Å². The molecule has 0 atom stereocenters. The first-order valence-corrected chi connectivity index (χ1v) is 4.19. The molecule has 1 N–H and O–H groups in total. The zero-order chi connectivity index (χ0) is 10.4. The number of carbonyl (C=O) groups is 1. The van der Waals surface area contributed by atoms with Crippen LogP contribution in [0, 0.1) is 6.92 Å². The number of aliphatic carboxylic acids is 1. The molecule has 3 nitrogen and oxygen atoms in total. The zero-order valence-electron chi connectivity index (χ0n) is 7.84. The fourth-order valence-electron chi connectivity index (χ4n) is 0.882. The predicted molar refractivity (Wildman–Crippen MR) is 54.8 cm³/mol. The van der Waals surface area contributed by atoms with Crippen LogP contribution >= 0.6 is 0 Å². The van der Waals surface area contributed by atoms with Crippen LogP contribution in [0.4, 0.5) is 0 Å². The van der Waals surface area contributed by atoms with Crippen molar-refractivity contribution in [1.82, 2.24) is 4.98 Å². The Morgan fingerprint density at radius 3 is 2.79 bits per heavy atom. The lowest BCUT2D eigenvalue weighted by molar-refractivity contribution is -0.131. The monoisotopic (exact) mass is 189 g/mol. The summed E-state index contributed by atoms with van der Waals surface area (Å²) in [5.74, 6) is -0.948. The minimum Gasteiger partial charge on any atom is -0.478 e. The summed E-state index contributed by atoms with van der Waals surface area (Å²) in [6, 6.07) is 3.83. The highest BCUT2D eigenvalue weighted by molar-refractivity contribution is 5.80. The first kappa shape index (κ1) is 10.2. The van der Waals surface area contributed by atoms with E-state index in [9.17, 15) is 4.79 Å². The highest BCUT2D eigenvalue weighted by atomic mass is 16.4. The third-order valence-corrected chi connectivity index (χ3v) is 1.57. The molecule has 0 saturated heterocycles. The van der Waals surface area contributed by atoms with Gasteiger partial charge in [0.25, 0.3) is 0 Å². The van der Waals surface area contributed by atoms with E-state index in [1.54, 1.807) is 18.3 Å². The molecule has 72 valence electrons. The number of rotatable bonds is 3. The van der Waals surface area contributed by atoms with Crippen molar-refractivity contribution in [3.8, 4) is 0 Å². The number of hydrogen-bond acceptors (Lipinski definition) is 2. The van der Waals surface area contributed by atoms with Gasteiger partial charge in [-0.05, 0) is 18.6 Å². The molecule has 0 aromatic carbocycles. The number of hydrogen-bond donors (Lipinski definition) is 1. The van der Waals surface area contributed by atoms with E-state index in [1.165, 1.54) is 6.08 Å². The highest BCUT2D eigenvalue weighted by Gasteiger charge is 1.86. The molecule has 0 spiro atoms. The van der Waals surface area contributed by atoms with Gasteiger partial charge in [0.1, 0.15) is 0 Å². The van der Waals surface area contributed by atoms with Crippen molar-refractivity contribution in [1.29, 1.82) is 0 Å². The Morgan fingerprint density at radius 2 is 2.21 bits per heavy atom. The number of carboxylic acid groups (broad SMARTS) is 1. The normalized spacial score (nSPS) is 11.2. The van der Waals surface area contributed by atoms with Crippen LogP contribution in [0.2, 0.25) is 0 Å². The lowest BCUT2D eigenvalue weighted by Gasteiger charge is -1.92. The third-order valence-electron chi connectivity index (χ3n) is 1.57. The molecule has 1 heterocycles. The molecule has 1 rings (SSSR count). The second-order valence-corrected chi connectivity index (χ2v) is 2.79. The molecule has 0 saturated carbocycles. The van der Waals surface area contributed by atoms with Gasteiger partial charge in [0.15, 0.2) is 0 Å². The molecule has 0 aliphatic rings. The maximum atomic E-state index is 10.1. The molecule has 0 unspecified atom stereocenters. The van der Waals surface area contributed by atoms with Crippen LogP contribution in [0.25, 0.3) is 6.08 Å². The predicted octanol–water partition coefficient (Wildman–Crippen LogP) is 2.04. The quantitative estimate of drug-likeness (QED) is 0.584. The second kappa shape index (κ2) is 4.97. The van der Waals surface area contributed by atoms with Crippen LogP contribution in [0.1, 0.15) is 11.3 Å². The maximum absolute atomic E-state index is 10.1. The standard InChI is InChI=1S/C11H11NO2/c1-9-6-7-10(8-12-9)4-2-3-5-11(13)14/h2-8H,1H3,(H,13,14)/b4-2+,5-3+. The Kier molecular flexibility index (Phi) is 3.61. The number of allylic oxidation sites excluding steroid dienone is 2. The van der Waals surface area contributed by atoms with Crippen LogP contribution in [0.5, 0.6) is 0 Å². The first-order chi connectivity index (χ1) is 6.68. The minimum absolute atomic E-state index is 0.948. The summed E-state index contributed by atoms with van der Waals surface area (Å²) in [5, 5.41) is 8.31. The largest absolute Gasteiger partial charge is 0.478 e. The average Bonchev–Trinajstić information content (AvgIpc) is 2.15. The number of pyridine rings is 1. The molecule has 1 aromatic rings. The van der Waals surface area contributed by atoms with Gasteiger partial charge >= 0.3 is 5.97 Å². The van der Waals surface area contributed by atoms with Crippen molar-refractivity contribution in [3.63, 3.8) is 0 Å². The van der Waals surface area contributed by atoms with Crippen LogP contribution in [-0.2, 0) is 4.79 Å². The summed E-state index contributed by atoms with van der Waals surface area (Å²) in [6.45, 7) is 1.91. The van der Waals surface area contributed by atoms with Crippen molar-refractivity contribution in [2.75, 3.05) is 0 Å². The molecule has 0 bridgehead atoms. The van der Waals surface area contributed by atoms with Gasteiger partial charge in [-0.2, -0.15) is 0 Å². The number of nitrogens with zero attached hydrogens (tertiary/aromatic N) is 1.